The molecular formula is C18H17F2N3O5S. The van der Waals surface area contributed by atoms with Gasteiger partial charge in [0.1, 0.15) is 11.6 Å². The molecule has 0 amide bonds. The lowest BCUT2D eigenvalue weighted by atomic mass is 10.0. The predicted octanol–water partition coefficient (Wildman–Crippen LogP) is 1.41. The zero-order valence-electron chi connectivity index (χ0n) is 15.0. The Labute approximate surface area is 165 Å². The van der Waals surface area contributed by atoms with Crippen molar-refractivity contribution in [2.24, 2.45) is 5.73 Å². The van der Waals surface area contributed by atoms with Crippen molar-refractivity contribution < 1.29 is 31.8 Å². The Morgan fingerprint density at radius 1 is 1.24 bits per heavy atom. The monoisotopic (exact) mass is 425 g/mol. The summed E-state index contributed by atoms with van der Waals surface area (Å²) in [4.78, 5) is 14.6. The van der Waals surface area contributed by atoms with E-state index in [0.717, 1.165) is 16.4 Å². The summed E-state index contributed by atoms with van der Waals surface area (Å²) in [6.45, 7) is -0.328. The fraction of sp³-hybridized carbons (Fsp3) is 0.222. The molecule has 0 atom stereocenters. The minimum Gasteiger partial charge on any atom is -0.503 e. The van der Waals surface area contributed by atoms with E-state index in [-0.39, 0.29) is 37.7 Å². The molecule has 0 fully saturated rings. The molecule has 8 nitrogen and oxygen atoms in total. The number of ether oxygens (including phenoxy) is 1. The molecule has 0 spiro atoms. The number of nitrogens with two attached hydrogens (primary N) is 1. The summed E-state index contributed by atoms with van der Waals surface area (Å²) in [5.74, 6) is -3.36. The van der Waals surface area contributed by atoms with Gasteiger partial charge in [0.25, 0.3) is 5.88 Å². The fourth-order valence-corrected chi connectivity index (χ4v) is 4.23. The highest BCUT2D eigenvalue weighted by molar-refractivity contribution is 7.89. The highest BCUT2D eigenvalue weighted by atomic mass is 32.2. The van der Waals surface area contributed by atoms with Gasteiger partial charge < -0.3 is 15.6 Å². The largest absolute Gasteiger partial charge is 0.503 e. The van der Waals surface area contributed by atoms with E-state index in [1.807, 2.05) is 0 Å². The summed E-state index contributed by atoms with van der Waals surface area (Å²) in [7, 11) is -4.07. The van der Waals surface area contributed by atoms with Crippen molar-refractivity contribution in [2.75, 3.05) is 19.6 Å². The van der Waals surface area contributed by atoms with Crippen molar-refractivity contribution in [2.45, 2.75) is 11.3 Å². The first-order chi connectivity index (χ1) is 13.7. The summed E-state index contributed by atoms with van der Waals surface area (Å²) in [5, 5.41) is 9.96. The smallest absolute Gasteiger partial charge is 0.326 e. The zero-order valence-corrected chi connectivity index (χ0v) is 15.8. The van der Waals surface area contributed by atoms with Crippen LogP contribution in [-0.4, -0.2) is 48.4 Å². The molecule has 1 aliphatic heterocycles. The van der Waals surface area contributed by atoms with Crippen molar-refractivity contribution in [1.82, 2.24) is 9.29 Å². The molecule has 0 bridgehead atoms. The molecule has 3 N–H and O–H groups in total. The topological polar surface area (TPSA) is 123 Å². The first-order valence-corrected chi connectivity index (χ1v) is 9.90. The van der Waals surface area contributed by atoms with E-state index < -0.39 is 32.5 Å². The first kappa shape index (κ1) is 20.8. The van der Waals surface area contributed by atoms with Crippen molar-refractivity contribution in [3.63, 3.8) is 0 Å². The van der Waals surface area contributed by atoms with Crippen LogP contribution in [0.25, 0.3) is 5.57 Å². The number of pyridine rings is 1. The normalized spacial score (nSPS) is 15.1. The van der Waals surface area contributed by atoms with Crippen LogP contribution in [-0.2, 0) is 14.8 Å². The van der Waals surface area contributed by atoms with E-state index in [1.54, 1.807) is 6.08 Å². The number of sulfonamides is 1. The maximum Gasteiger partial charge on any atom is 0.326 e. The third kappa shape index (κ3) is 4.58. The molecule has 3 rings (SSSR count). The number of aromatic nitrogens is 1. The van der Waals surface area contributed by atoms with E-state index >= 15 is 0 Å². The molecule has 11 heteroatoms. The first-order valence-electron chi connectivity index (χ1n) is 8.46. The SMILES string of the molecule is NCC(=O)Oc1ncc(C2=CCN(S(=O)(=O)c3cc(F)cc(F)c3)CC2)cc1O. The number of carbonyl (C=O) groups is 1. The Bertz CT molecular complexity index is 1070. The maximum absolute atomic E-state index is 13.4. The van der Waals surface area contributed by atoms with Gasteiger partial charge in [-0.05, 0) is 35.8 Å². The Morgan fingerprint density at radius 2 is 1.93 bits per heavy atom. The van der Waals surface area contributed by atoms with Crippen LogP contribution < -0.4 is 10.5 Å². The van der Waals surface area contributed by atoms with Gasteiger partial charge in [-0.25, -0.2) is 22.2 Å². The second-order valence-corrected chi connectivity index (χ2v) is 8.11. The number of carbonyl (C=O) groups excluding carboxylic acids is 1. The summed E-state index contributed by atoms with van der Waals surface area (Å²) in [6, 6.07) is 3.47. The zero-order chi connectivity index (χ0) is 21.2. The second-order valence-electron chi connectivity index (χ2n) is 6.17. The lowest BCUT2D eigenvalue weighted by Crippen LogP contribution is -2.34. The molecule has 2 heterocycles. The maximum atomic E-state index is 13.4. The Kier molecular flexibility index (Phi) is 5.91. The highest BCUT2D eigenvalue weighted by Gasteiger charge is 2.27. The lowest BCUT2D eigenvalue weighted by molar-refractivity contribution is -0.133. The molecular weight excluding hydrogens is 408 g/mol. The number of halogens is 2. The average molecular weight is 425 g/mol. The average Bonchev–Trinajstić information content (AvgIpc) is 2.68. The molecule has 154 valence electrons. The van der Waals surface area contributed by atoms with Crippen LogP contribution in [0, 0.1) is 11.6 Å². The standard InChI is InChI=1S/C18H17F2N3O5S/c19-13-6-14(20)8-15(7-13)29(26,27)23-3-1-11(2-4-23)12-5-16(24)18(22-10-12)28-17(25)9-21/h1,5-8,10,24H,2-4,9,21H2. The van der Waals surface area contributed by atoms with Crippen molar-refractivity contribution >= 4 is 21.6 Å². The summed E-state index contributed by atoms with van der Waals surface area (Å²) in [5.41, 5.74) is 6.36. The van der Waals surface area contributed by atoms with Crippen LogP contribution in [0.3, 0.4) is 0 Å². The highest BCUT2D eigenvalue weighted by Crippen LogP contribution is 2.31. The predicted molar refractivity (Wildman–Crippen MR) is 98.3 cm³/mol. The molecule has 1 aromatic carbocycles. The number of benzene rings is 1. The number of esters is 1. The third-order valence-corrected chi connectivity index (χ3v) is 6.07. The molecule has 0 radical (unpaired) electrons. The van der Waals surface area contributed by atoms with Crippen LogP contribution in [0.1, 0.15) is 12.0 Å². The number of nitrogens with zero attached hydrogens (tertiary/aromatic N) is 2. The second kappa shape index (κ2) is 8.23. The van der Waals surface area contributed by atoms with Gasteiger partial charge in [0.05, 0.1) is 11.4 Å². The minimum atomic E-state index is -4.07. The van der Waals surface area contributed by atoms with Gasteiger partial charge in [0.2, 0.25) is 10.0 Å². The van der Waals surface area contributed by atoms with E-state index in [0.29, 0.717) is 17.2 Å². The number of rotatable bonds is 5. The molecule has 1 aromatic heterocycles. The quantitative estimate of drug-likeness (QED) is 0.695. The fourth-order valence-electron chi connectivity index (χ4n) is 2.80. The Hall–Kier alpha value is -2.89. The van der Waals surface area contributed by atoms with E-state index in [9.17, 15) is 27.1 Å². The summed E-state index contributed by atoms with van der Waals surface area (Å²) >= 11 is 0. The van der Waals surface area contributed by atoms with Gasteiger partial charge >= 0.3 is 5.97 Å². The van der Waals surface area contributed by atoms with Crippen LogP contribution >= 0.6 is 0 Å². The van der Waals surface area contributed by atoms with Crippen LogP contribution in [0.5, 0.6) is 11.6 Å². The molecule has 29 heavy (non-hydrogen) atoms. The third-order valence-electron chi connectivity index (χ3n) is 4.23. The van der Waals surface area contributed by atoms with E-state index in [4.69, 9.17) is 10.5 Å². The van der Waals surface area contributed by atoms with Gasteiger partial charge in [0, 0.05) is 25.4 Å². The number of aromatic hydroxyl groups is 1. The van der Waals surface area contributed by atoms with Crippen molar-refractivity contribution in [3.05, 3.63) is 53.7 Å². The Morgan fingerprint density at radius 3 is 2.48 bits per heavy atom. The van der Waals surface area contributed by atoms with Gasteiger partial charge in [0.15, 0.2) is 5.75 Å². The molecule has 0 saturated carbocycles. The Balaban J connectivity index is 1.78. The number of hydrogen-bond acceptors (Lipinski definition) is 7. The van der Waals surface area contributed by atoms with Crippen molar-refractivity contribution in [1.29, 1.82) is 0 Å². The van der Waals surface area contributed by atoms with Gasteiger partial charge in [-0.15, -0.1) is 0 Å². The molecule has 0 aliphatic carbocycles. The summed E-state index contributed by atoms with van der Waals surface area (Å²) < 4.78 is 57.9. The van der Waals surface area contributed by atoms with Gasteiger partial charge in [-0.2, -0.15) is 4.31 Å². The van der Waals surface area contributed by atoms with Crippen LogP contribution in [0.15, 0.2) is 41.4 Å². The lowest BCUT2D eigenvalue weighted by Gasteiger charge is -2.26. The molecule has 0 unspecified atom stereocenters. The molecule has 1 aliphatic rings. The summed E-state index contributed by atoms with van der Waals surface area (Å²) in [6.07, 6.45) is 3.26. The van der Waals surface area contributed by atoms with Crippen LogP contribution in [0.2, 0.25) is 0 Å². The molecule has 2 aromatic rings. The van der Waals surface area contributed by atoms with E-state index in [1.165, 1.54) is 12.3 Å². The number of hydrogen-bond donors (Lipinski definition) is 2. The molecule has 0 saturated heterocycles. The van der Waals surface area contributed by atoms with Crippen LogP contribution in [0.4, 0.5) is 8.78 Å². The van der Waals surface area contributed by atoms with Crippen molar-refractivity contribution in [3.8, 4) is 11.6 Å². The minimum absolute atomic E-state index is 0.0273. The van der Waals surface area contributed by atoms with Gasteiger partial charge in [-0.1, -0.05) is 6.08 Å². The van der Waals surface area contributed by atoms with Gasteiger partial charge in [-0.3, -0.25) is 4.79 Å². The van der Waals surface area contributed by atoms with E-state index in [2.05, 4.69) is 4.98 Å².